The van der Waals surface area contributed by atoms with Crippen LogP contribution in [0.25, 0.3) is 0 Å². The fraction of sp³-hybridized carbons (Fsp3) is 0.231. The van der Waals surface area contributed by atoms with Crippen molar-refractivity contribution in [1.29, 1.82) is 0 Å². The van der Waals surface area contributed by atoms with Crippen molar-refractivity contribution in [3.8, 4) is 0 Å². The first-order chi connectivity index (χ1) is 8.16. The summed E-state index contributed by atoms with van der Waals surface area (Å²) in [6.07, 6.45) is 0. The number of thiophene rings is 1. The van der Waals surface area contributed by atoms with Gasteiger partial charge < -0.3 is 5.73 Å². The van der Waals surface area contributed by atoms with Crippen molar-refractivity contribution >= 4 is 34.7 Å². The molecule has 0 fully saturated rings. The number of hydrogen-bond acceptors (Lipinski definition) is 3. The quantitative estimate of drug-likeness (QED) is 0.836. The third-order valence-corrected chi connectivity index (χ3v) is 5.00. The largest absolute Gasteiger partial charge is 0.323 e. The highest BCUT2D eigenvalue weighted by Gasteiger charge is 2.11. The van der Waals surface area contributed by atoms with Gasteiger partial charge in [0.25, 0.3) is 0 Å². The van der Waals surface area contributed by atoms with Crippen molar-refractivity contribution in [2.75, 3.05) is 5.75 Å². The molecule has 2 aromatic rings. The Kier molecular flexibility index (Phi) is 4.51. The van der Waals surface area contributed by atoms with E-state index >= 15 is 0 Å². The summed E-state index contributed by atoms with van der Waals surface area (Å²) in [7, 11) is 0. The van der Waals surface area contributed by atoms with Crippen LogP contribution >= 0.6 is 34.7 Å². The molecule has 1 unspecified atom stereocenters. The van der Waals surface area contributed by atoms with Crippen LogP contribution in [0.15, 0.2) is 40.6 Å². The van der Waals surface area contributed by atoms with Crippen LogP contribution in [-0.2, 0) is 0 Å². The van der Waals surface area contributed by atoms with E-state index in [-0.39, 0.29) is 6.04 Å². The van der Waals surface area contributed by atoms with E-state index in [2.05, 4.69) is 31.2 Å². The van der Waals surface area contributed by atoms with Gasteiger partial charge in [0.15, 0.2) is 0 Å². The topological polar surface area (TPSA) is 26.0 Å². The maximum absolute atomic E-state index is 6.13. The molecule has 1 heterocycles. The fourth-order valence-corrected chi connectivity index (χ4v) is 3.83. The Morgan fingerprint density at radius 1 is 1.41 bits per heavy atom. The van der Waals surface area contributed by atoms with Crippen molar-refractivity contribution in [3.63, 3.8) is 0 Å². The average molecular weight is 284 g/mol. The molecule has 1 nitrogen and oxygen atoms in total. The summed E-state index contributed by atoms with van der Waals surface area (Å²) in [6, 6.07) is 10.4. The fourth-order valence-electron chi connectivity index (χ4n) is 1.54. The Hall–Kier alpha value is -0.480. The lowest BCUT2D eigenvalue weighted by molar-refractivity contribution is 0.852. The van der Waals surface area contributed by atoms with E-state index in [0.29, 0.717) is 0 Å². The van der Waals surface area contributed by atoms with Gasteiger partial charge in [0.2, 0.25) is 0 Å². The summed E-state index contributed by atoms with van der Waals surface area (Å²) in [5.41, 5.74) is 7.41. The molecule has 1 aromatic heterocycles. The third kappa shape index (κ3) is 3.49. The zero-order valence-electron chi connectivity index (χ0n) is 9.52. The second-order valence-electron chi connectivity index (χ2n) is 3.87. The van der Waals surface area contributed by atoms with Gasteiger partial charge in [0.05, 0.1) is 5.02 Å². The Labute approximate surface area is 115 Å². The van der Waals surface area contributed by atoms with E-state index in [1.165, 1.54) is 10.5 Å². The van der Waals surface area contributed by atoms with E-state index in [1.807, 2.05) is 11.4 Å². The Morgan fingerprint density at radius 2 is 2.24 bits per heavy atom. The van der Waals surface area contributed by atoms with E-state index in [4.69, 9.17) is 17.3 Å². The number of nitrogens with two attached hydrogens (primary N) is 1. The van der Waals surface area contributed by atoms with Gasteiger partial charge in [0, 0.05) is 21.6 Å². The molecular formula is C13H14ClNS2. The SMILES string of the molecule is Cc1cccc(SCC(N)c2sccc2Cl)c1. The first-order valence-corrected chi connectivity index (χ1v) is 7.59. The zero-order chi connectivity index (χ0) is 12.3. The van der Waals surface area contributed by atoms with E-state index in [0.717, 1.165) is 15.7 Å². The number of rotatable bonds is 4. The highest BCUT2D eigenvalue weighted by atomic mass is 35.5. The molecule has 1 aromatic carbocycles. The minimum absolute atomic E-state index is 0.00742. The lowest BCUT2D eigenvalue weighted by atomic mass is 10.2. The van der Waals surface area contributed by atoms with Crippen molar-refractivity contribution in [2.24, 2.45) is 5.73 Å². The van der Waals surface area contributed by atoms with Crippen LogP contribution in [0.3, 0.4) is 0 Å². The van der Waals surface area contributed by atoms with Gasteiger partial charge in [-0.2, -0.15) is 0 Å². The van der Waals surface area contributed by atoms with E-state index in [1.54, 1.807) is 23.1 Å². The van der Waals surface area contributed by atoms with Gasteiger partial charge in [-0.25, -0.2) is 0 Å². The standard InChI is InChI=1S/C13H14ClNS2/c1-9-3-2-4-10(7-9)17-8-12(15)13-11(14)5-6-16-13/h2-7,12H,8,15H2,1H3. The van der Waals surface area contributed by atoms with Crippen molar-refractivity contribution in [3.05, 3.63) is 51.2 Å². The molecule has 4 heteroatoms. The maximum Gasteiger partial charge on any atom is 0.0561 e. The Balaban J connectivity index is 1.97. The van der Waals surface area contributed by atoms with Gasteiger partial charge >= 0.3 is 0 Å². The number of aryl methyl sites for hydroxylation is 1. The van der Waals surface area contributed by atoms with Gasteiger partial charge in [-0.15, -0.1) is 23.1 Å². The zero-order valence-corrected chi connectivity index (χ0v) is 11.9. The van der Waals surface area contributed by atoms with Crippen molar-refractivity contribution in [2.45, 2.75) is 17.9 Å². The molecule has 0 radical (unpaired) electrons. The highest BCUT2D eigenvalue weighted by molar-refractivity contribution is 7.99. The maximum atomic E-state index is 6.13. The summed E-state index contributed by atoms with van der Waals surface area (Å²) in [4.78, 5) is 2.33. The van der Waals surface area contributed by atoms with Crippen LogP contribution in [0, 0.1) is 6.92 Å². The number of halogens is 1. The van der Waals surface area contributed by atoms with Gasteiger partial charge in [0.1, 0.15) is 0 Å². The molecule has 0 aliphatic carbocycles. The number of hydrogen-bond donors (Lipinski definition) is 1. The molecule has 0 aliphatic rings. The summed E-state index contributed by atoms with van der Waals surface area (Å²) >= 11 is 9.46. The molecular weight excluding hydrogens is 270 g/mol. The lowest BCUT2D eigenvalue weighted by Gasteiger charge is -2.10. The van der Waals surface area contributed by atoms with Crippen LogP contribution < -0.4 is 5.73 Å². The summed E-state index contributed by atoms with van der Waals surface area (Å²) in [5, 5.41) is 2.77. The predicted octanol–water partition coefficient (Wildman–Crippen LogP) is 4.50. The molecule has 0 aliphatic heterocycles. The second-order valence-corrected chi connectivity index (χ2v) is 6.32. The van der Waals surface area contributed by atoms with Gasteiger partial charge in [-0.05, 0) is 30.5 Å². The van der Waals surface area contributed by atoms with Crippen LogP contribution in [0.5, 0.6) is 0 Å². The van der Waals surface area contributed by atoms with Gasteiger partial charge in [-0.1, -0.05) is 29.3 Å². The number of thioether (sulfide) groups is 1. The first-order valence-electron chi connectivity index (χ1n) is 5.35. The smallest absolute Gasteiger partial charge is 0.0561 e. The predicted molar refractivity (Wildman–Crippen MR) is 78.2 cm³/mol. The van der Waals surface area contributed by atoms with Crippen LogP contribution in [0.2, 0.25) is 5.02 Å². The molecule has 2 N–H and O–H groups in total. The summed E-state index contributed by atoms with van der Waals surface area (Å²) < 4.78 is 0. The van der Waals surface area contributed by atoms with E-state index in [9.17, 15) is 0 Å². The van der Waals surface area contributed by atoms with E-state index < -0.39 is 0 Å². The molecule has 2 rings (SSSR count). The van der Waals surface area contributed by atoms with Crippen molar-refractivity contribution in [1.82, 2.24) is 0 Å². The highest BCUT2D eigenvalue weighted by Crippen LogP contribution is 2.31. The molecule has 0 bridgehead atoms. The lowest BCUT2D eigenvalue weighted by Crippen LogP contribution is -2.11. The third-order valence-electron chi connectivity index (χ3n) is 2.40. The Bertz CT molecular complexity index is 496. The molecule has 90 valence electrons. The summed E-state index contributed by atoms with van der Waals surface area (Å²) in [6.45, 7) is 2.10. The molecule has 1 atom stereocenters. The normalized spacial score (nSPS) is 12.6. The Morgan fingerprint density at radius 3 is 2.88 bits per heavy atom. The van der Waals surface area contributed by atoms with Gasteiger partial charge in [-0.3, -0.25) is 0 Å². The molecule has 0 saturated carbocycles. The first kappa shape index (κ1) is 13.0. The minimum Gasteiger partial charge on any atom is -0.323 e. The molecule has 0 spiro atoms. The summed E-state index contributed by atoms with van der Waals surface area (Å²) in [5.74, 6) is 0.851. The molecule has 17 heavy (non-hydrogen) atoms. The average Bonchev–Trinajstić information content (AvgIpc) is 2.72. The van der Waals surface area contributed by atoms with Crippen molar-refractivity contribution < 1.29 is 0 Å². The number of benzene rings is 1. The molecule has 0 saturated heterocycles. The van der Waals surface area contributed by atoms with Crippen LogP contribution in [-0.4, -0.2) is 5.75 Å². The van der Waals surface area contributed by atoms with Crippen LogP contribution in [0.1, 0.15) is 16.5 Å². The minimum atomic E-state index is 0.00742. The monoisotopic (exact) mass is 283 g/mol. The molecule has 0 amide bonds. The van der Waals surface area contributed by atoms with Crippen LogP contribution in [0.4, 0.5) is 0 Å². The second kappa shape index (κ2) is 5.91.